The Labute approximate surface area is 114 Å². The highest BCUT2D eigenvalue weighted by atomic mass is 16.5. The molecule has 0 saturated heterocycles. The number of aryl methyl sites for hydroxylation is 1. The average Bonchev–Trinajstić information content (AvgIpc) is 2.77. The van der Waals surface area contributed by atoms with Crippen LogP contribution < -0.4 is 10.1 Å². The molecule has 0 amide bonds. The Hall–Kier alpha value is -1.81. The van der Waals surface area contributed by atoms with Gasteiger partial charge in [-0.25, -0.2) is 0 Å². The van der Waals surface area contributed by atoms with Crippen molar-refractivity contribution >= 4 is 0 Å². The summed E-state index contributed by atoms with van der Waals surface area (Å²) in [5.74, 6) is 2.27. The molecule has 0 aliphatic heterocycles. The topological polar surface area (TPSA) is 39.1 Å². The Balaban J connectivity index is 1.87. The molecule has 2 aromatic rings. The van der Waals surface area contributed by atoms with E-state index in [9.17, 15) is 0 Å². The highest BCUT2D eigenvalue weighted by Gasteiger charge is 2.00. The molecule has 4 heteroatoms. The fourth-order valence-corrected chi connectivity index (χ4v) is 1.77. The van der Waals surface area contributed by atoms with E-state index in [1.165, 1.54) is 5.56 Å². The number of rotatable bonds is 6. The van der Waals surface area contributed by atoms with Gasteiger partial charge in [0, 0.05) is 13.6 Å². The van der Waals surface area contributed by atoms with E-state index in [0.717, 1.165) is 24.6 Å². The zero-order valence-corrected chi connectivity index (χ0v) is 11.8. The molecule has 0 spiro atoms. The van der Waals surface area contributed by atoms with Crippen LogP contribution >= 0.6 is 0 Å². The van der Waals surface area contributed by atoms with Crippen LogP contribution in [0.4, 0.5) is 0 Å². The van der Waals surface area contributed by atoms with Crippen molar-refractivity contribution in [3.05, 3.63) is 42.2 Å². The zero-order chi connectivity index (χ0) is 13.7. The second kappa shape index (κ2) is 6.38. The summed E-state index contributed by atoms with van der Waals surface area (Å²) in [5, 5.41) is 7.49. The maximum atomic E-state index is 5.69. The van der Waals surface area contributed by atoms with Crippen molar-refractivity contribution in [1.29, 1.82) is 0 Å². The van der Waals surface area contributed by atoms with Crippen molar-refractivity contribution in [2.24, 2.45) is 13.0 Å². The molecule has 1 heterocycles. The maximum absolute atomic E-state index is 5.69. The molecule has 0 radical (unpaired) electrons. The first-order valence-corrected chi connectivity index (χ1v) is 6.59. The third-order valence-electron chi connectivity index (χ3n) is 2.72. The number of aromatic nitrogens is 2. The van der Waals surface area contributed by atoms with Crippen molar-refractivity contribution in [3.8, 4) is 11.5 Å². The molecule has 0 aliphatic carbocycles. The number of hydrogen-bond acceptors (Lipinski definition) is 3. The molecule has 4 nitrogen and oxygen atoms in total. The van der Waals surface area contributed by atoms with E-state index in [-0.39, 0.29) is 0 Å². The van der Waals surface area contributed by atoms with Crippen LogP contribution in [0.2, 0.25) is 0 Å². The quantitative estimate of drug-likeness (QED) is 0.867. The highest BCUT2D eigenvalue weighted by molar-refractivity contribution is 5.31. The molecule has 0 bridgehead atoms. The Morgan fingerprint density at radius 3 is 2.53 bits per heavy atom. The van der Waals surface area contributed by atoms with Crippen LogP contribution in [0.1, 0.15) is 19.4 Å². The first-order chi connectivity index (χ1) is 9.13. The normalized spacial score (nSPS) is 10.9. The van der Waals surface area contributed by atoms with Gasteiger partial charge in [-0.2, -0.15) is 5.10 Å². The predicted molar refractivity (Wildman–Crippen MR) is 76.3 cm³/mol. The number of ether oxygens (including phenoxy) is 1. The highest BCUT2D eigenvalue weighted by Crippen LogP contribution is 2.20. The SMILES string of the molecule is CC(C)CNCc1ccc(Oc2cnn(C)c2)cc1. The summed E-state index contributed by atoms with van der Waals surface area (Å²) in [4.78, 5) is 0. The van der Waals surface area contributed by atoms with E-state index in [0.29, 0.717) is 5.92 Å². The van der Waals surface area contributed by atoms with Gasteiger partial charge in [0.2, 0.25) is 0 Å². The lowest BCUT2D eigenvalue weighted by atomic mass is 10.2. The van der Waals surface area contributed by atoms with E-state index >= 15 is 0 Å². The molecule has 1 N–H and O–H groups in total. The van der Waals surface area contributed by atoms with Gasteiger partial charge in [-0.1, -0.05) is 26.0 Å². The summed E-state index contributed by atoms with van der Waals surface area (Å²) < 4.78 is 7.41. The number of hydrogen-bond donors (Lipinski definition) is 1. The van der Waals surface area contributed by atoms with Crippen molar-refractivity contribution in [2.75, 3.05) is 6.54 Å². The minimum absolute atomic E-state index is 0.674. The molecule has 0 saturated carbocycles. The third-order valence-corrected chi connectivity index (χ3v) is 2.72. The number of nitrogens with zero attached hydrogens (tertiary/aromatic N) is 2. The van der Waals surface area contributed by atoms with Gasteiger partial charge in [0.15, 0.2) is 5.75 Å². The summed E-state index contributed by atoms with van der Waals surface area (Å²) in [6.45, 7) is 6.34. The monoisotopic (exact) mass is 259 g/mol. The average molecular weight is 259 g/mol. The number of benzene rings is 1. The lowest BCUT2D eigenvalue weighted by Gasteiger charge is -2.08. The maximum Gasteiger partial charge on any atom is 0.165 e. The second-order valence-electron chi connectivity index (χ2n) is 5.12. The second-order valence-corrected chi connectivity index (χ2v) is 5.12. The Kier molecular flexibility index (Phi) is 4.58. The van der Waals surface area contributed by atoms with Crippen LogP contribution in [0.15, 0.2) is 36.7 Å². The summed E-state index contributed by atoms with van der Waals surface area (Å²) >= 11 is 0. The first kappa shape index (κ1) is 13.6. The van der Waals surface area contributed by atoms with Crippen LogP contribution in [0, 0.1) is 5.92 Å². The van der Waals surface area contributed by atoms with Crippen molar-refractivity contribution in [1.82, 2.24) is 15.1 Å². The van der Waals surface area contributed by atoms with Crippen LogP contribution in [0.25, 0.3) is 0 Å². The minimum Gasteiger partial charge on any atom is -0.454 e. The van der Waals surface area contributed by atoms with Crippen LogP contribution in [-0.4, -0.2) is 16.3 Å². The first-order valence-electron chi connectivity index (χ1n) is 6.59. The van der Waals surface area contributed by atoms with Gasteiger partial charge in [-0.3, -0.25) is 4.68 Å². The third kappa shape index (κ3) is 4.41. The number of nitrogens with one attached hydrogen (secondary N) is 1. The van der Waals surface area contributed by atoms with E-state index in [4.69, 9.17) is 4.74 Å². The standard InChI is InChI=1S/C15H21N3O/c1-12(2)8-16-9-13-4-6-14(7-5-13)19-15-10-17-18(3)11-15/h4-7,10-12,16H,8-9H2,1-3H3. The van der Waals surface area contributed by atoms with E-state index in [1.807, 2.05) is 25.4 Å². The molecule has 0 unspecified atom stereocenters. The van der Waals surface area contributed by atoms with Crippen LogP contribution in [-0.2, 0) is 13.6 Å². The summed E-state index contributed by atoms with van der Waals surface area (Å²) in [5.41, 5.74) is 1.26. The Bertz CT molecular complexity index is 502. The smallest absolute Gasteiger partial charge is 0.165 e. The van der Waals surface area contributed by atoms with Crippen molar-refractivity contribution < 1.29 is 4.74 Å². The Morgan fingerprint density at radius 2 is 1.95 bits per heavy atom. The zero-order valence-electron chi connectivity index (χ0n) is 11.8. The summed E-state index contributed by atoms with van der Waals surface area (Å²) in [6.07, 6.45) is 3.55. The van der Waals surface area contributed by atoms with Gasteiger partial charge in [0.1, 0.15) is 5.75 Å². The van der Waals surface area contributed by atoms with Crippen LogP contribution in [0.5, 0.6) is 11.5 Å². The van der Waals surface area contributed by atoms with Crippen molar-refractivity contribution in [3.63, 3.8) is 0 Å². The van der Waals surface area contributed by atoms with Crippen molar-refractivity contribution in [2.45, 2.75) is 20.4 Å². The molecule has 2 rings (SSSR count). The van der Waals surface area contributed by atoms with Gasteiger partial charge in [-0.05, 0) is 30.2 Å². The molecule has 102 valence electrons. The molecule has 1 aromatic heterocycles. The van der Waals surface area contributed by atoms with E-state index in [2.05, 4.69) is 36.4 Å². The molecule has 1 aromatic carbocycles. The molecular formula is C15H21N3O. The van der Waals surface area contributed by atoms with Gasteiger partial charge < -0.3 is 10.1 Å². The van der Waals surface area contributed by atoms with E-state index < -0.39 is 0 Å². The van der Waals surface area contributed by atoms with Gasteiger partial charge >= 0.3 is 0 Å². The Morgan fingerprint density at radius 1 is 1.21 bits per heavy atom. The van der Waals surface area contributed by atoms with Gasteiger partial charge in [-0.15, -0.1) is 0 Å². The summed E-state index contributed by atoms with van der Waals surface area (Å²) in [7, 11) is 1.87. The van der Waals surface area contributed by atoms with Gasteiger partial charge in [0.25, 0.3) is 0 Å². The summed E-state index contributed by atoms with van der Waals surface area (Å²) in [6, 6.07) is 8.14. The molecular weight excluding hydrogens is 238 g/mol. The lowest BCUT2D eigenvalue weighted by molar-refractivity contribution is 0.481. The molecule has 19 heavy (non-hydrogen) atoms. The molecule has 0 fully saturated rings. The fraction of sp³-hybridized carbons (Fsp3) is 0.400. The van der Waals surface area contributed by atoms with Gasteiger partial charge in [0.05, 0.1) is 12.4 Å². The fourth-order valence-electron chi connectivity index (χ4n) is 1.77. The van der Waals surface area contributed by atoms with E-state index in [1.54, 1.807) is 10.9 Å². The molecule has 0 aliphatic rings. The molecule has 0 atom stereocenters. The predicted octanol–water partition coefficient (Wildman–Crippen LogP) is 2.96. The lowest BCUT2D eigenvalue weighted by Crippen LogP contribution is -2.18. The largest absolute Gasteiger partial charge is 0.454 e. The minimum atomic E-state index is 0.674. The van der Waals surface area contributed by atoms with Crippen LogP contribution in [0.3, 0.4) is 0 Å².